The molecule has 0 bridgehead atoms. The van der Waals surface area contributed by atoms with Crippen molar-refractivity contribution in [3.63, 3.8) is 0 Å². The van der Waals surface area contributed by atoms with E-state index in [-0.39, 0.29) is 51.3 Å². The molecule has 0 saturated carbocycles. The summed E-state index contributed by atoms with van der Waals surface area (Å²) in [5.41, 5.74) is 0. The first-order chi connectivity index (χ1) is 11.8. The molecule has 0 unspecified atom stereocenters. The highest BCUT2D eigenvalue weighted by Crippen LogP contribution is 2.27. The molecular formula is C17H25F2N3O3. The van der Waals surface area contributed by atoms with E-state index in [9.17, 15) is 18.4 Å². The zero-order valence-electron chi connectivity index (χ0n) is 14.5. The SMILES string of the molecule is C=CCCC(=O)N(C)[C@@H](CCN1CCC(F)(F)CC1)C(=O)OCC#N. The van der Waals surface area contributed by atoms with Crippen LogP contribution < -0.4 is 0 Å². The van der Waals surface area contributed by atoms with Gasteiger partial charge in [-0.2, -0.15) is 5.26 Å². The molecule has 6 nitrogen and oxygen atoms in total. The van der Waals surface area contributed by atoms with Crippen molar-refractivity contribution >= 4 is 11.9 Å². The fourth-order valence-electron chi connectivity index (χ4n) is 2.65. The summed E-state index contributed by atoms with van der Waals surface area (Å²) in [6.45, 7) is 4.07. The summed E-state index contributed by atoms with van der Waals surface area (Å²) in [7, 11) is 1.51. The van der Waals surface area contributed by atoms with Crippen LogP contribution in [0.25, 0.3) is 0 Å². The van der Waals surface area contributed by atoms with E-state index >= 15 is 0 Å². The number of nitrogens with zero attached hydrogens (tertiary/aromatic N) is 3. The van der Waals surface area contributed by atoms with Gasteiger partial charge in [0, 0.05) is 45.9 Å². The lowest BCUT2D eigenvalue weighted by atomic mass is 10.1. The maximum Gasteiger partial charge on any atom is 0.329 e. The molecule has 1 amide bonds. The van der Waals surface area contributed by atoms with Gasteiger partial charge in [0.2, 0.25) is 5.91 Å². The number of likely N-dealkylation sites (N-methyl/N-ethyl adjacent to an activating group) is 1. The molecule has 1 heterocycles. The summed E-state index contributed by atoms with van der Waals surface area (Å²) < 4.78 is 31.3. The second-order valence-electron chi connectivity index (χ2n) is 6.10. The third-order valence-corrected chi connectivity index (χ3v) is 4.28. The standard InChI is InChI=1S/C17H25F2N3O3/c1-3-4-5-15(23)21(2)14(16(24)25-13-9-20)6-10-22-11-7-17(18,19)8-12-22/h3,14H,1,4-8,10-13H2,2H3/t14-/m0/s1. The second kappa shape index (κ2) is 10.1. The summed E-state index contributed by atoms with van der Waals surface area (Å²) in [5.74, 6) is -3.51. The Balaban J connectivity index is 2.64. The zero-order valence-corrected chi connectivity index (χ0v) is 14.5. The Morgan fingerprint density at radius 3 is 2.64 bits per heavy atom. The Morgan fingerprint density at radius 2 is 2.08 bits per heavy atom. The molecule has 1 aliphatic heterocycles. The van der Waals surface area contributed by atoms with E-state index in [0.29, 0.717) is 13.0 Å². The fraction of sp³-hybridized carbons (Fsp3) is 0.706. The Kier molecular flexibility index (Phi) is 8.49. The number of ether oxygens (including phenoxy) is 1. The van der Waals surface area contributed by atoms with Crippen LogP contribution in [-0.4, -0.2) is 66.9 Å². The van der Waals surface area contributed by atoms with Crippen molar-refractivity contribution < 1.29 is 23.1 Å². The first kappa shape index (κ1) is 21.0. The summed E-state index contributed by atoms with van der Waals surface area (Å²) in [4.78, 5) is 27.5. The van der Waals surface area contributed by atoms with Crippen molar-refractivity contribution in [3.05, 3.63) is 12.7 Å². The van der Waals surface area contributed by atoms with Gasteiger partial charge in [-0.3, -0.25) is 4.79 Å². The number of carbonyl (C=O) groups is 2. The van der Waals surface area contributed by atoms with Crippen LogP contribution in [0.15, 0.2) is 12.7 Å². The lowest BCUT2D eigenvalue weighted by molar-refractivity contribution is -0.153. The average Bonchev–Trinajstić information content (AvgIpc) is 2.58. The van der Waals surface area contributed by atoms with E-state index in [2.05, 4.69) is 6.58 Å². The Hall–Kier alpha value is -2.01. The van der Waals surface area contributed by atoms with Crippen LogP contribution in [-0.2, 0) is 14.3 Å². The molecule has 0 aromatic rings. The number of carbonyl (C=O) groups excluding carboxylic acids is 2. The highest BCUT2D eigenvalue weighted by molar-refractivity contribution is 5.84. The van der Waals surface area contributed by atoms with Gasteiger partial charge in [0.15, 0.2) is 6.61 Å². The van der Waals surface area contributed by atoms with Gasteiger partial charge in [0.05, 0.1) is 0 Å². The minimum Gasteiger partial charge on any atom is -0.449 e. The predicted octanol–water partition coefficient (Wildman–Crippen LogP) is 1.97. The highest BCUT2D eigenvalue weighted by Gasteiger charge is 2.35. The van der Waals surface area contributed by atoms with E-state index in [4.69, 9.17) is 10.00 Å². The average molecular weight is 357 g/mol. The van der Waals surface area contributed by atoms with Crippen LogP contribution >= 0.6 is 0 Å². The molecule has 0 aromatic carbocycles. The highest BCUT2D eigenvalue weighted by atomic mass is 19.3. The van der Waals surface area contributed by atoms with E-state index in [1.165, 1.54) is 11.9 Å². The first-order valence-electron chi connectivity index (χ1n) is 8.31. The normalized spacial score (nSPS) is 18.0. The number of esters is 1. The molecule has 0 aliphatic carbocycles. The summed E-state index contributed by atoms with van der Waals surface area (Å²) in [6, 6.07) is 0.877. The molecule has 1 rings (SSSR count). The smallest absolute Gasteiger partial charge is 0.329 e. The van der Waals surface area contributed by atoms with Crippen LogP contribution in [0.5, 0.6) is 0 Å². The largest absolute Gasteiger partial charge is 0.449 e. The minimum absolute atomic E-state index is 0.204. The number of allylic oxidation sites excluding steroid dienone is 1. The monoisotopic (exact) mass is 357 g/mol. The van der Waals surface area contributed by atoms with Crippen LogP contribution in [0.4, 0.5) is 8.78 Å². The Morgan fingerprint density at radius 1 is 1.44 bits per heavy atom. The lowest BCUT2D eigenvalue weighted by Crippen LogP contribution is -2.46. The van der Waals surface area contributed by atoms with E-state index in [0.717, 1.165) is 0 Å². The lowest BCUT2D eigenvalue weighted by Gasteiger charge is -2.33. The van der Waals surface area contributed by atoms with Crippen molar-refractivity contribution in [3.8, 4) is 6.07 Å². The van der Waals surface area contributed by atoms with Crippen molar-refractivity contribution in [1.82, 2.24) is 9.80 Å². The summed E-state index contributed by atoms with van der Waals surface area (Å²) in [5, 5.41) is 8.55. The number of rotatable bonds is 9. The molecular weight excluding hydrogens is 332 g/mol. The molecule has 1 saturated heterocycles. The molecule has 0 aromatic heterocycles. The summed E-state index contributed by atoms with van der Waals surface area (Å²) in [6.07, 6.45) is 2.19. The molecule has 0 N–H and O–H groups in total. The topological polar surface area (TPSA) is 73.6 Å². The van der Waals surface area contributed by atoms with Crippen molar-refractivity contribution in [1.29, 1.82) is 5.26 Å². The van der Waals surface area contributed by atoms with E-state index in [1.807, 2.05) is 4.90 Å². The molecule has 1 atom stereocenters. The third kappa shape index (κ3) is 7.18. The van der Waals surface area contributed by atoms with Crippen LogP contribution in [0, 0.1) is 11.3 Å². The van der Waals surface area contributed by atoms with Gasteiger partial charge >= 0.3 is 5.97 Å². The number of likely N-dealkylation sites (tertiary alicyclic amines) is 1. The van der Waals surface area contributed by atoms with Crippen molar-refractivity contribution in [2.45, 2.75) is 44.1 Å². The van der Waals surface area contributed by atoms with Gasteiger partial charge in [-0.1, -0.05) is 6.08 Å². The number of halogens is 2. The van der Waals surface area contributed by atoms with Gasteiger partial charge in [0.1, 0.15) is 12.1 Å². The first-order valence-corrected chi connectivity index (χ1v) is 8.31. The number of alkyl halides is 2. The van der Waals surface area contributed by atoms with Gasteiger partial charge in [-0.15, -0.1) is 6.58 Å². The van der Waals surface area contributed by atoms with Crippen LogP contribution in [0.3, 0.4) is 0 Å². The zero-order chi connectivity index (χ0) is 18.9. The number of hydrogen-bond donors (Lipinski definition) is 0. The summed E-state index contributed by atoms with van der Waals surface area (Å²) >= 11 is 0. The van der Waals surface area contributed by atoms with Gasteiger partial charge in [0.25, 0.3) is 5.92 Å². The molecule has 1 fully saturated rings. The minimum atomic E-state index is -2.63. The van der Waals surface area contributed by atoms with E-state index < -0.39 is 17.9 Å². The van der Waals surface area contributed by atoms with Crippen LogP contribution in [0.2, 0.25) is 0 Å². The molecule has 140 valence electrons. The number of amides is 1. The Bertz CT molecular complexity index is 510. The number of hydrogen-bond acceptors (Lipinski definition) is 5. The molecule has 25 heavy (non-hydrogen) atoms. The van der Waals surface area contributed by atoms with Gasteiger partial charge in [-0.25, -0.2) is 13.6 Å². The quantitative estimate of drug-likeness (QED) is 0.466. The maximum atomic E-state index is 13.2. The third-order valence-electron chi connectivity index (χ3n) is 4.28. The van der Waals surface area contributed by atoms with E-state index in [1.54, 1.807) is 12.1 Å². The molecule has 0 spiro atoms. The van der Waals surface area contributed by atoms with Gasteiger partial charge < -0.3 is 14.5 Å². The number of piperidine rings is 1. The maximum absolute atomic E-state index is 13.2. The molecule has 0 radical (unpaired) electrons. The van der Waals surface area contributed by atoms with Crippen LogP contribution in [0.1, 0.15) is 32.1 Å². The molecule has 8 heteroatoms. The Labute approximate surface area is 147 Å². The predicted molar refractivity (Wildman–Crippen MR) is 87.8 cm³/mol. The second-order valence-corrected chi connectivity index (χ2v) is 6.10. The molecule has 1 aliphatic rings. The van der Waals surface area contributed by atoms with Gasteiger partial charge in [-0.05, 0) is 12.8 Å². The fourth-order valence-corrected chi connectivity index (χ4v) is 2.65. The van der Waals surface area contributed by atoms with Crippen molar-refractivity contribution in [2.75, 3.05) is 33.3 Å². The van der Waals surface area contributed by atoms with Crippen molar-refractivity contribution in [2.24, 2.45) is 0 Å². The number of nitriles is 1.